The fraction of sp³-hybridized carbons (Fsp3) is 0.350. The standard InChI is InChI=1S/C20H23NO/c1-4-19-20(14-15(2)21-19,16-8-6-5-7-9-16)17-10-12-18(22-3)13-11-17/h5-13,15H,4,14H2,1-3H3. The Morgan fingerprint density at radius 3 is 2.27 bits per heavy atom. The molecular weight excluding hydrogens is 270 g/mol. The average molecular weight is 293 g/mol. The highest BCUT2D eigenvalue weighted by Gasteiger charge is 2.43. The highest BCUT2D eigenvalue weighted by atomic mass is 16.5. The second kappa shape index (κ2) is 5.96. The molecule has 1 aliphatic rings. The Labute approximate surface area is 132 Å². The average Bonchev–Trinajstić information content (AvgIpc) is 2.93. The number of methoxy groups -OCH3 is 1. The van der Waals surface area contributed by atoms with E-state index in [1.54, 1.807) is 7.11 Å². The molecule has 114 valence electrons. The second-order valence-corrected chi connectivity index (χ2v) is 5.98. The van der Waals surface area contributed by atoms with Crippen LogP contribution >= 0.6 is 0 Å². The Hall–Kier alpha value is -2.09. The molecule has 0 spiro atoms. The number of rotatable bonds is 4. The van der Waals surface area contributed by atoms with E-state index in [1.807, 2.05) is 0 Å². The Morgan fingerprint density at radius 1 is 1.05 bits per heavy atom. The summed E-state index contributed by atoms with van der Waals surface area (Å²) in [5, 5.41) is 0. The summed E-state index contributed by atoms with van der Waals surface area (Å²) in [7, 11) is 1.71. The molecule has 0 radical (unpaired) electrons. The maximum Gasteiger partial charge on any atom is 0.118 e. The van der Waals surface area contributed by atoms with Crippen molar-refractivity contribution in [2.45, 2.75) is 38.1 Å². The molecule has 0 aliphatic carbocycles. The zero-order valence-electron chi connectivity index (χ0n) is 13.5. The van der Waals surface area contributed by atoms with Gasteiger partial charge in [0.2, 0.25) is 0 Å². The van der Waals surface area contributed by atoms with E-state index in [9.17, 15) is 0 Å². The van der Waals surface area contributed by atoms with Crippen LogP contribution in [0.1, 0.15) is 37.8 Å². The van der Waals surface area contributed by atoms with E-state index in [2.05, 4.69) is 68.4 Å². The van der Waals surface area contributed by atoms with Crippen LogP contribution in [0.2, 0.25) is 0 Å². The summed E-state index contributed by atoms with van der Waals surface area (Å²) in [6.45, 7) is 4.42. The maximum absolute atomic E-state index is 5.31. The van der Waals surface area contributed by atoms with Crippen molar-refractivity contribution in [3.63, 3.8) is 0 Å². The van der Waals surface area contributed by atoms with Crippen LogP contribution in [-0.2, 0) is 5.41 Å². The normalized spacial score (nSPS) is 24.1. The van der Waals surface area contributed by atoms with Crippen molar-refractivity contribution >= 4 is 5.71 Å². The largest absolute Gasteiger partial charge is 0.497 e. The minimum Gasteiger partial charge on any atom is -0.497 e. The molecule has 2 heteroatoms. The lowest BCUT2D eigenvalue weighted by Gasteiger charge is -2.32. The van der Waals surface area contributed by atoms with E-state index < -0.39 is 0 Å². The molecule has 0 saturated heterocycles. The van der Waals surface area contributed by atoms with Crippen LogP contribution in [0.5, 0.6) is 5.75 Å². The van der Waals surface area contributed by atoms with Crippen molar-refractivity contribution in [2.24, 2.45) is 4.99 Å². The lowest BCUT2D eigenvalue weighted by atomic mass is 9.68. The van der Waals surface area contributed by atoms with Crippen LogP contribution in [0.3, 0.4) is 0 Å². The first-order chi connectivity index (χ1) is 10.7. The van der Waals surface area contributed by atoms with Gasteiger partial charge in [0.05, 0.1) is 12.5 Å². The molecule has 2 nitrogen and oxygen atoms in total. The van der Waals surface area contributed by atoms with Crippen molar-refractivity contribution in [3.05, 3.63) is 65.7 Å². The zero-order valence-corrected chi connectivity index (χ0v) is 13.5. The first kappa shape index (κ1) is 14.8. The third-order valence-corrected chi connectivity index (χ3v) is 4.65. The van der Waals surface area contributed by atoms with E-state index in [-0.39, 0.29) is 5.41 Å². The molecule has 3 rings (SSSR count). The van der Waals surface area contributed by atoms with Gasteiger partial charge in [0.25, 0.3) is 0 Å². The zero-order chi connectivity index (χ0) is 15.6. The predicted octanol–water partition coefficient (Wildman–Crippen LogP) is 4.62. The summed E-state index contributed by atoms with van der Waals surface area (Å²) in [5.74, 6) is 0.896. The van der Waals surface area contributed by atoms with Gasteiger partial charge in [-0.2, -0.15) is 0 Å². The van der Waals surface area contributed by atoms with Crippen molar-refractivity contribution in [2.75, 3.05) is 7.11 Å². The van der Waals surface area contributed by atoms with Gasteiger partial charge >= 0.3 is 0 Å². The van der Waals surface area contributed by atoms with Gasteiger partial charge in [-0.3, -0.25) is 4.99 Å². The quantitative estimate of drug-likeness (QED) is 0.805. The minimum absolute atomic E-state index is 0.0955. The van der Waals surface area contributed by atoms with Crippen molar-refractivity contribution < 1.29 is 4.74 Å². The van der Waals surface area contributed by atoms with Crippen molar-refractivity contribution in [3.8, 4) is 5.75 Å². The van der Waals surface area contributed by atoms with Gasteiger partial charge in [-0.1, -0.05) is 49.4 Å². The van der Waals surface area contributed by atoms with Crippen molar-refractivity contribution in [1.29, 1.82) is 0 Å². The number of hydrogen-bond donors (Lipinski definition) is 0. The Morgan fingerprint density at radius 2 is 1.68 bits per heavy atom. The van der Waals surface area contributed by atoms with E-state index in [0.717, 1.165) is 18.6 Å². The van der Waals surface area contributed by atoms with Crippen LogP contribution in [0.4, 0.5) is 0 Å². The third-order valence-electron chi connectivity index (χ3n) is 4.65. The highest BCUT2D eigenvalue weighted by Crippen LogP contribution is 2.44. The molecule has 2 atom stereocenters. The first-order valence-electron chi connectivity index (χ1n) is 7.98. The molecule has 22 heavy (non-hydrogen) atoms. The summed E-state index contributed by atoms with van der Waals surface area (Å²) in [4.78, 5) is 4.94. The number of hydrogen-bond acceptors (Lipinski definition) is 2. The van der Waals surface area contributed by atoms with E-state index in [1.165, 1.54) is 16.8 Å². The lowest BCUT2D eigenvalue weighted by Crippen LogP contribution is -2.34. The third kappa shape index (κ3) is 2.33. The molecule has 0 saturated carbocycles. The van der Waals surface area contributed by atoms with Gasteiger partial charge < -0.3 is 4.74 Å². The van der Waals surface area contributed by atoms with Crippen molar-refractivity contribution in [1.82, 2.24) is 0 Å². The van der Waals surface area contributed by atoms with Gasteiger partial charge in [0.15, 0.2) is 0 Å². The molecule has 1 heterocycles. The SMILES string of the molecule is CCC1=NC(C)CC1(c1ccccc1)c1ccc(OC)cc1. The fourth-order valence-electron chi connectivity index (χ4n) is 3.71. The summed E-state index contributed by atoms with van der Waals surface area (Å²) in [6.07, 6.45) is 2.01. The summed E-state index contributed by atoms with van der Waals surface area (Å²) < 4.78 is 5.31. The van der Waals surface area contributed by atoms with Crippen LogP contribution < -0.4 is 4.74 Å². The number of aliphatic imine (C=N–C) groups is 1. The molecule has 1 aliphatic heterocycles. The molecule has 2 unspecified atom stereocenters. The van der Waals surface area contributed by atoms with E-state index in [4.69, 9.17) is 9.73 Å². The molecule has 0 aromatic heterocycles. The van der Waals surface area contributed by atoms with E-state index >= 15 is 0 Å². The molecule has 0 amide bonds. The Bertz CT molecular complexity index is 660. The van der Waals surface area contributed by atoms with Gasteiger partial charge in [-0.25, -0.2) is 0 Å². The van der Waals surface area contributed by atoms with Gasteiger partial charge in [0.1, 0.15) is 5.75 Å². The van der Waals surface area contributed by atoms with Gasteiger partial charge in [-0.15, -0.1) is 0 Å². The smallest absolute Gasteiger partial charge is 0.118 e. The molecule has 0 bridgehead atoms. The number of benzene rings is 2. The number of ether oxygens (including phenoxy) is 1. The van der Waals surface area contributed by atoms with E-state index in [0.29, 0.717) is 6.04 Å². The molecule has 0 N–H and O–H groups in total. The fourth-order valence-corrected chi connectivity index (χ4v) is 3.71. The monoisotopic (exact) mass is 293 g/mol. The van der Waals surface area contributed by atoms with Gasteiger partial charge in [-0.05, 0) is 43.0 Å². The Kier molecular flexibility index (Phi) is 4.02. The minimum atomic E-state index is -0.0955. The summed E-state index contributed by atoms with van der Waals surface area (Å²) >= 11 is 0. The second-order valence-electron chi connectivity index (χ2n) is 5.98. The molecule has 2 aromatic carbocycles. The molecule has 2 aromatic rings. The van der Waals surface area contributed by atoms with Gasteiger partial charge in [0, 0.05) is 11.8 Å². The molecule has 0 fully saturated rings. The topological polar surface area (TPSA) is 21.6 Å². The lowest BCUT2D eigenvalue weighted by molar-refractivity contribution is 0.414. The van der Waals surface area contributed by atoms with Crippen LogP contribution in [0, 0.1) is 0 Å². The highest BCUT2D eigenvalue weighted by molar-refractivity contribution is 5.99. The first-order valence-corrected chi connectivity index (χ1v) is 7.98. The molecular formula is C20H23NO. The summed E-state index contributed by atoms with van der Waals surface area (Å²) in [6, 6.07) is 19.6. The summed E-state index contributed by atoms with van der Waals surface area (Å²) in [5.41, 5.74) is 3.84. The Balaban J connectivity index is 2.17. The number of nitrogens with zero attached hydrogens (tertiary/aromatic N) is 1. The van der Waals surface area contributed by atoms with Crippen LogP contribution in [0.25, 0.3) is 0 Å². The maximum atomic E-state index is 5.31. The van der Waals surface area contributed by atoms with Crippen LogP contribution in [-0.4, -0.2) is 18.9 Å². The van der Waals surface area contributed by atoms with Crippen LogP contribution in [0.15, 0.2) is 59.6 Å². The predicted molar refractivity (Wildman–Crippen MR) is 92.0 cm³/mol.